The Morgan fingerprint density at radius 3 is 2.31 bits per heavy atom. The van der Waals surface area contributed by atoms with Gasteiger partial charge in [-0.2, -0.15) is 18.3 Å². The third kappa shape index (κ3) is 2.31. The molecular weight excluding hydrogens is 211 g/mol. The lowest BCUT2D eigenvalue weighted by Crippen LogP contribution is -2.37. The van der Waals surface area contributed by atoms with Crippen molar-refractivity contribution in [2.45, 2.75) is 18.6 Å². The van der Waals surface area contributed by atoms with Crippen LogP contribution in [-0.2, 0) is 10.0 Å². The van der Waals surface area contributed by atoms with E-state index in [0.717, 1.165) is 0 Å². The molecule has 0 saturated heterocycles. The zero-order valence-electron chi connectivity index (χ0n) is 6.17. The third-order valence-electron chi connectivity index (χ3n) is 1.45. The minimum Gasteiger partial charge on any atom is -0.296 e. The molecule has 0 amide bonds. The number of nitrogens with zero attached hydrogens (tertiary/aromatic N) is 1. The molecule has 1 heterocycles. The first-order valence-electron chi connectivity index (χ1n) is 3.13. The fourth-order valence-electron chi connectivity index (χ4n) is 0.785. The van der Waals surface area contributed by atoms with Gasteiger partial charge in [0.05, 0.1) is 0 Å². The lowest BCUT2D eigenvalue weighted by molar-refractivity contribution is -0.151. The van der Waals surface area contributed by atoms with Crippen molar-refractivity contribution in [2.75, 3.05) is 0 Å². The molecule has 13 heavy (non-hydrogen) atoms. The average molecular weight is 217 g/mol. The van der Waals surface area contributed by atoms with Crippen molar-refractivity contribution in [1.82, 2.24) is 5.43 Å². The van der Waals surface area contributed by atoms with Crippen molar-refractivity contribution in [3.63, 3.8) is 0 Å². The zero-order chi connectivity index (χ0) is 10.3. The maximum absolute atomic E-state index is 12.0. The molecule has 1 unspecified atom stereocenters. The van der Waals surface area contributed by atoms with E-state index in [-0.39, 0.29) is 0 Å². The highest BCUT2D eigenvalue weighted by molar-refractivity contribution is 8.04. The van der Waals surface area contributed by atoms with E-state index in [1.807, 2.05) is 0 Å². The van der Waals surface area contributed by atoms with Crippen LogP contribution in [0.5, 0.6) is 0 Å². The van der Waals surface area contributed by atoms with E-state index in [1.54, 1.807) is 5.43 Å². The van der Waals surface area contributed by atoms with Gasteiger partial charge in [-0.25, -0.2) is 13.6 Å². The molecule has 9 heteroatoms. The Morgan fingerprint density at radius 1 is 1.54 bits per heavy atom. The predicted molar refractivity (Wildman–Crippen MR) is 38.1 cm³/mol. The van der Waals surface area contributed by atoms with Crippen LogP contribution in [0.1, 0.15) is 6.42 Å². The fourth-order valence-corrected chi connectivity index (χ4v) is 1.36. The van der Waals surface area contributed by atoms with Crippen molar-refractivity contribution in [2.24, 2.45) is 10.2 Å². The van der Waals surface area contributed by atoms with Gasteiger partial charge < -0.3 is 0 Å². The number of rotatable bonds is 0. The largest absolute Gasteiger partial charge is 0.410 e. The lowest BCUT2D eigenvalue weighted by atomic mass is 10.2. The number of hydrogen-bond acceptors (Lipinski definition) is 4. The molecule has 1 aliphatic heterocycles. The van der Waals surface area contributed by atoms with Crippen molar-refractivity contribution < 1.29 is 21.6 Å². The van der Waals surface area contributed by atoms with Crippen LogP contribution in [-0.4, -0.2) is 25.7 Å². The molecule has 1 rings (SSSR count). The van der Waals surface area contributed by atoms with E-state index in [2.05, 4.69) is 10.2 Å². The number of sulfonamides is 1. The molecule has 0 aliphatic carbocycles. The van der Waals surface area contributed by atoms with Crippen LogP contribution in [0.4, 0.5) is 13.2 Å². The number of hydrogen-bond donors (Lipinski definition) is 2. The summed E-state index contributed by atoms with van der Waals surface area (Å²) in [6, 6.07) is -1.96. The van der Waals surface area contributed by atoms with Gasteiger partial charge in [0.25, 0.3) is 10.0 Å². The van der Waals surface area contributed by atoms with Crippen molar-refractivity contribution in [3.05, 3.63) is 0 Å². The van der Waals surface area contributed by atoms with Gasteiger partial charge >= 0.3 is 6.18 Å². The molecular formula is C4H6F3N3O2S. The molecule has 5 nitrogen and oxygen atoms in total. The van der Waals surface area contributed by atoms with Gasteiger partial charge in [0.2, 0.25) is 0 Å². The molecule has 0 fully saturated rings. The maximum Gasteiger partial charge on any atom is 0.410 e. The van der Waals surface area contributed by atoms with Crippen LogP contribution in [0.15, 0.2) is 5.10 Å². The topological polar surface area (TPSA) is 84.6 Å². The van der Waals surface area contributed by atoms with E-state index in [9.17, 15) is 21.6 Å². The second-order valence-corrected chi connectivity index (χ2v) is 4.04. The molecule has 3 N–H and O–H groups in total. The first kappa shape index (κ1) is 10.3. The molecule has 1 aliphatic rings. The molecule has 76 valence electrons. The number of hydrazone groups is 1. The van der Waals surface area contributed by atoms with Crippen LogP contribution >= 0.6 is 0 Å². The molecule has 1 atom stereocenters. The number of nitrogens with two attached hydrogens (primary N) is 1. The first-order valence-corrected chi connectivity index (χ1v) is 4.67. The fraction of sp³-hybridized carbons (Fsp3) is 0.750. The van der Waals surface area contributed by atoms with Crippen LogP contribution < -0.4 is 10.6 Å². The summed E-state index contributed by atoms with van der Waals surface area (Å²) in [6.45, 7) is 0. The standard InChI is InChI=1S/C4H6F3N3O2S/c5-4(6,7)2-1-3(10-9-2)13(8,11)12/h2,9H,1H2,(H2,8,11,12). The Hall–Kier alpha value is -0.830. The normalized spacial score (nSPS) is 24.0. The minimum atomic E-state index is -4.52. The summed E-state index contributed by atoms with van der Waals surface area (Å²) in [5.74, 6) is 0. The summed E-state index contributed by atoms with van der Waals surface area (Å²) in [4.78, 5) is 0. The quantitative estimate of drug-likeness (QED) is 0.574. The molecule has 0 radical (unpaired) electrons. The zero-order valence-corrected chi connectivity index (χ0v) is 6.98. The smallest absolute Gasteiger partial charge is 0.296 e. The van der Waals surface area contributed by atoms with Gasteiger partial charge in [-0.05, 0) is 0 Å². The predicted octanol–water partition coefficient (Wildman–Crippen LogP) is -0.487. The Balaban J connectivity index is 2.74. The van der Waals surface area contributed by atoms with Gasteiger partial charge in [0.1, 0.15) is 6.04 Å². The molecule has 0 bridgehead atoms. The summed E-state index contributed by atoms with van der Waals surface area (Å²) in [5.41, 5.74) is 1.66. The van der Waals surface area contributed by atoms with Gasteiger partial charge in [0, 0.05) is 6.42 Å². The number of alkyl halides is 3. The van der Waals surface area contributed by atoms with Gasteiger partial charge in [0.15, 0.2) is 5.04 Å². The average Bonchev–Trinajstić information content (AvgIpc) is 2.28. The number of halogens is 3. The van der Waals surface area contributed by atoms with Crippen molar-refractivity contribution >= 4 is 15.1 Å². The summed E-state index contributed by atoms with van der Waals surface area (Å²) in [6.07, 6.45) is -5.27. The van der Waals surface area contributed by atoms with Crippen LogP contribution in [0.25, 0.3) is 0 Å². The molecule has 0 saturated carbocycles. The van der Waals surface area contributed by atoms with Crippen LogP contribution in [0, 0.1) is 0 Å². The third-order valence-corrected chi connectivity index (χ3v) is 2.36. The van der Waals surface area contributed by atoms with Gasteiger partial charge in [-0.1, -0.05) is 0 Å². The Morgan fingerprint density at radius 2 is 2.08 bits per heavy atom. The molecule has 0 aromatic carbocycles. The Labute approximate surface area is 71.8 Å². The number of primary sulfonamides is 1. The summed E-state index contributed by atoms with van der Waals surface area (Å²) in [7, 11) is -4.11. The van der Waals surface area contributed by atoms with Crippen molar-refractivity contribution in [3.8, 4) is 0 Å². The second kappa shape index (κ2) is 2.84. The highest BCUT2D eigenvalue weighted by Crippen LogP contribution is 2.25. The van der Waals surface area contributed by atoms with Crippen LogP contribution in [0.3, 0.4) is 0 Å². The van der Waals surface area contributed by atoms with E-state index in [0.29, 0.717) is 0 Å². The number of nitrogens with one attached hydrogen (secondary N) is 1. The summed E-state index contributed by atoms with van der Waals surface area (Å²) < 4.78 is 56.9. The van der Waals surface area contributed by atoms with Gasteiger partial charge in [-0.15, -0.1) is 0 Å². The monoisotopic (exact) mass is 217 g/mol. The summed E-state index contributed by atoms with van der Waals surface area (Å²) in [5, 5.41) is 6.90. The maximum atomic E-state index is 12.0. The Kier molecular flexibility index (Phi) is 2.24. The van der Waals surface area contributed by atoms with E-state index >= 15 is 0 Å². The lowest BCUT2D eigenvalue weighted by Gasteiger charge is -2.12. The van der Waals surface area contributed by atoms with E-state index in [1.165, 1.54) is 0 Å². The first-order chi connectivity index (χ1) is 5.71. The highest BCUT2D eigenvalue weighted by atomic mass is 32.2. The van der Waals surface area contributed by atoms with Crippen molar-refractivity contribution in [1.29, 1.82) is 0 Å². The van der Waals surface area contributed by atoms with Gasteiger partial charge in [-0.3, -0.25) is 5.43 Å². The van der Waals surface area contributed by atoms with E-state index < -0.39 is 33.7 Å². The van der Waals surface area contributed by atoms with Crippen LogP contribution in [0.2, 0.25) is 0 Å². The SMILES string of the molecule is NS(=O)(=O)C1=NNC(C(F)(F)F)C1. The minimum absolute atomic E-state index is 0.671. The molecule has 0 aromatic rings. The van der Waals surface area contributed by atoms with E-state index in [4.69, 9.17) is 0 Å². The Bertz CT molecular complexity index is 333. The molecule has 0 spiro atoms. The molecule has 0 aromatic heterocycles. The second-order valence-electron chi connectivity index (χ2n) is 2.48. The summed E-state index contributed by atoms with van der Waals surface area (Å²) >= 11 is 0. The highest BCUT2D eigenvalue weighted by Gasteiger charge is 2.44.